The third kappa shape index (κ3) is 6.72. The third-order valence-electron chi connectivity index (χ3n) is 6.94. The van der Waals surface area contributed by atoms with Gasteiger partial charge in [-0.25, -0.2) is 14.4 Å². The van der Waals surface area contributed by atoms with Gasteiger partial charge in [0.25, 0.3) is 0 Å². The molecule has 0 radical (unpaired) electrons. The molecule has 3 aliphatic heterocycles. The first-order valence-electron chi connectivity index (χ1n) is 13.2. The van der Waals surface area contributed by atoms with Crippen LogP contribution in [0.3, 0.4) is 0 Å². The highest BCUT2D eigenvalue weighted by Gasteiger charge is 2.26. The van der Waals surface area contributed by atoms with E-state index in [1.165, 1.54) is 23.9 Å². The summed E-state index contributed by atoms with van der Waals surface area (Å²) in [5.41, 5.74) is 4.36. The van der Waals surface area contributed by atoms with E-state index in [2.05, 4.69) is 27.0 Å². The van der Waals surface area contributed by atoms with Crippen LogP contribution in [-0.2, 0) is 10.5 Å². The number of carbonyl (C=O) groups excluding carboxylic acids is 1. The smallest absolute Gasteiger partial charge is 0.247 e. The molecule has 1 atom stereocenters. The van der Waals surface area contributed by atoms with Gasteiger partial charge in [-0.05, 0) is 80.7 Å². The zero-order valence-corrected chi connectivity index (χ0v) is 23.6. The van der Waals surface area contributed by atoms with Crippen LogP contribution in [0.1, 0.15) is 43.4 Å². The molecule has 1 unspecified atom stereocenters. The molecule has 3 N–H and O–H groups in total. The Labute approximate surface area is 237 Å². The summed E-state index contributed by atoms with van der Waals surface area (Å²) in [6.45, 7) is 5.97. The lowest BCUT2D eigenvalue weighted by atomic mass is 10.1. The molecular weight excluding hydrogens is 535 g/mol. The van der Waals surface area contributed by atoms with Crippen molar-refractivity contribution >= 4 is 40.6 Å². The van der Waals surface area contributed by atoms with Gasteiger partial charge in [0.15, 0.2) is 11.0 Å². The second-order valence-electron chi connectivity index (χ2n) is 9.81. The summed E-state index contributed by atoms with van der Waals surface area (Å²) in [6, 6.07) is 14.1. The minimum atomic E-state index is -0.529. The molecule has 1 amide bonds. The molecule has 3 heterocycles. The van der Waals surface area contributed by atoms with Crippen molar-refractivity contribution in [3.05, 3.63) is 76.7 Å². The number of aromatic nitrogens is 3. The van der Waals surface area contributed by atoms with Crippen molar-refractivity contribution in [1.29, 1.82) is 0 Å². The van der Waals surface area contributed by atoms with E-state index >= 15 is 0 Å². The number of imidazole rings is 1. The summed E-state index contributed by atoms with van der Waals surface area (Å²) >= 11 is 7.91. The van der Waals surface area contributed by atoms with Crippen LogP contribution >= 0.6 is 23.4 Å². The number of halogens is 2. The minimum Gasteiger partial charge on any atom is -0.382 e. The highest BCUT2D eigenvalue weighted by atomic mass is 35.5. The van der Waals surface area contributed by atoms with Gasteiger partial charge in [0, 0.05) is 29.4 Å². The van der Waals surface area contributed by atoms with E-state index in [0.29, 0.717) is 39.9 Å². The Hall–Kier alpha value is -3.14. The van der Waals surface area contributed by atoms with Crippen molar-refractivity contribution < 1.29 is 9.18 Å². The average Bonchev–Trinajstić information content (AvgIpc) is 3.34. The molecule has 3 aliphatic rings. The van der Waals surface area contributed by atoms with Crippen LogP contribution in [0.25, 0.3) is 11.5 Å². The van der Waals surface area contributed by atoms with E-state index in [4.69, 9.17) is 16.6 Å². The second-order valence-corrected chi connectivity index (χ2v) is 11.2. The van der Waals surface area contributed by atoms with Crippen LogP contribution < -0.4 is 16.0 Å². The van der Waals surface area contributed by atoms with Gasteiger partial charge in [-0.1, -0.05) is 48.5 Å². The zero-order valence-electron chi connectivity index (χ0n) is 22.0. The van der Waals surface area contributed by atoms with E-state index in [-0.39, 0.29) is 11.7 Å². The predicted molar refractivity (Wildman–Crippen MR) is 156 cm³/mol. The van der Waals surface area contributed by atoms with E-state index in [9.17, 15) is 9.18 Å². The molecule has 2 aromatic carbocycles. The van der Waals surface area contributed by atoms with Gasteiger partial charge < -0.3 is 20.5 Å². The first-order valence-corrected chi connectivity index (χ1v) is 14.6. The number of thioether (sulfide) groups is 1. The lowest BCUT2D eigenvalue weighted by Gasteiger charge is -2.25. The summed E-state index contributed by atoms with van der Waals surface area (Å²) in [7, 11) is 0. The third-order valence-corrected chi connectivity index (χ3v) is 8.07. The van der Waals surface area contributed by atoms with Crippen molar-refractivity contribution in [2.75, 3.05) is 23.7 Å². The highest BCUT2D eigenvalue weighted by Crippen LogP contribution is 2.32. The number of carbonyl (C=O) groups is 1. The number of rotatable bonds is 9. The molecule has 2 aromatic rings. The summed E-state index contributed by atoms with van der Waals surface area (Å²) in [5, 5.41) is 11.2. The molecular formula is C29H32ClFN6OS. The lowest BCUT2D eigenvalue weighted by molar-refractivity contribution is -0.119. The number of hydrogen-bond acceptors (Lipinski definition) is 6. The number of fused-ring (bicyclic) bond motifs is 1. The SMILES string of the molecule is CCC(C(=O)Nc1cc(NC2CCNCC2)ccc1C)n1cc(Cl)cc2nc(SCc3ccc(F)cc3)nc1-2. The summed E-state index contributed by atoms with van der Waals surface area (Å²) in [5.74, 6) is 0.791. The van der Waals surface area contributed by atoms with E-state index in [1.54, 1.807) is 24.4 Å². The van der Waals surface area contributed by atoms with Crippen molar-refractivity contribution in [2.45, 2.75) is 56.1 Å². The van der Waals surface area contributed by atoms with Crippen LogP contribution in [0.15, 0.2) is 59.9 Å². The number of nitrogens with one attached hydrogen (secondary N) is 3. The molecule has 10 heteroatoms. The normalized spacial score (nSPS) is 14.9. The Bertz CT molecular complexity index is 1410. The molecule has 1 fully saturated rings. The number of pyridine rings is 1. The maximum Gasteiger partial charge on any atom is 0.247 e. The molecule has 0 aromatic heterocycles. The van der Waals surface area contributed by atoms with Crippen LogP contribution in [-0.4, -0.2) is 39.6 Å². The molecule has 0 bridgehead atoms. The molecule has 204 valence electrons. The number of hydrogen-bond donors (Lipinski definition) is 3. The summed E-state index contributed by atoms with van der Waals surface area (Å²) in [4.78, 5) is 23.0. The second kappa shape index (κ2) is 12.4. The van der Waals surface area contributed by atoms with Gasteiger partial charge in [-0.15, -0.1) is 0 Å². The van der Waals surface area contributed by atoms with Crippen molar-refractivity contribution in [2.24, 2.45) is 0 Å². The minimum absolute atomic E-state index is 0.142. The fraction of sp³-hybridized carbons (Fsp3) is 0.345. The number of aryl methyl sites for hydroxylation is 1. The first kappa shape index (κ1) is 27.4. The van der Waals surface area contributed by atoms with Gasteiger partial charge in [-0.2, -0.15) is 0 Å². The lowest BCUT2D eigenvalue weighted by Crippen LogP contribution is -2.35. The molecule has 0 aliphatic carbocycles. The number of nitrogens with zero attached hydrogens (tertiary/aromatic N) is 3. The van der Waals surface area contributed by atoms with Gasteiger partial charge in [0.2, 0.25) is 5.91 Å². The van der Waals surface area contributed by atoms with Crippen molar-refractivity contribution in [3.8, 4) is 11.5 Å². The van der Waals surface area contributed by atoms with E-state index in [0.717, 1.165) is 48.4 Å². The quantitative estimate of drug-likeness (QED) is 0.200. The van der Waals surface area contributed by atoms with Crippen LogP contribution in [0.5, 0.6) is 0 Å². The van der Waals surface area contributed by atoms with Gasteiger partial charge in [0.1, 0.15) is 17.6 Å². The van der Waals surface area contributed by atoms with Gasteiger partial charge >= 0.3 is 0 Å². The maximum atomic E-state index is 13.6. The Morgan fingerprint density at radius 2 is 1.95 bits per heavy atom. The average molecular weight is 567 g/mol. The number of anilines is 2. The molecule has 0 spiro atoms. The first-order chi connectivity index (χ1) is 18.9. The van der Waals surface area contributed by atoms with E-state index in [1.807, 2.05) is 30.5 Å². The monoisotopic (exact) mass is 566 g/mol. The molecule has 0 saturated carbocycles. The van der Waals surface area contributed by atoms with Crippen molar-refractivity contribution in [1.82, 2.24) is 19.9 Å². The van der Waals surface area contributed by atoms with Gasteiger partial charge in [-0.3, -0.25) is 4.79 Å². The van der Waals surface area contributed by atoms with Crippen molar-refractivity contribution in [3.63, 3.8) is 0 Å². The van der Waals surface area contributed by atoms with Crippen LogP contribution in [0.4, 0.5) is 15.8 Å². The summed E-state index contributed by atoms with van der Waals surface area (Å²) < 4.78 is 15.1. The van der Waals surface area contributed by atoms with Gasteiger partial charge in [0.05, 0.1) is 5.02 Å². The predicted octanol–water partition coefficient (Wildman–Crippen LogP) is 6.53. The highest BCUT2D eigenvalue weighted by molar-refractivity contribution is 7.98. The Morgan fingerprint density at radius 3 is 2.69 bits per heavy atom. The topological polar surface area (TPSA) is 83.9 Å². The number of piperidine rings is 1. The summed E-state index contributed by atoms with van der Waals surface area (Å²) in [6.07, 6.45) is 4.42. The molecule has 5 rings (SSSR count). The maximum absolute atomic E-state index is 13.6. The Kier molecular flexibility index (Phi) is 8.69. The standard InChI is InChI=1S/C29H32ClFN6OS/c1-3-26(28(38)34-24-15-23(9-4-18(24)2)33-22-10-12-32-13-11-22)37-16-20(30)14-25-27(37)36-29(35-25)39-17-19-5-7-21(31)8-6-19/h4-9,14-16,22,26,32-33H,3,10-13,17H2,1-2H3,(H,34,38). The molecule has 1 saturated heterocycles. The molecule has 7 nitrogen and oxygen atoms in total. The Balaban J connectivity index is 1.34. The largest absolute Gasteiger partial charge is 0.382 e. The Morgan fingerprint density at radius 1 is 1.18 bits per heavy atom. The van der Waals surface area contributed by atoms with Crippen LogP contribution in [0, 0.1) is 12.7 Å². The van der Waals surface area contributed by atoms with Crippen LogP contribution in [0.2, 0.25) is 5.02 Å². The molecule has 39 heavy (non-hydrogen) atoms. The number of benzene rings is 2. The zero-order chi connectivity index (χ0) is 27.4. The number of amides is 1. The fourth-order valence-electron chi connectivity index (χ4n) is 4.78. The fourth-order valence-corrected chi connectivity index (χ4v) is 5.79. The van der Waals surface area contributed by atoms with E-state index < -0.39 is 6.04 Å².